The molecule has 3 rings (SSSR count). The van der Waals surface area contributed by atoms with Crippen molar-refractivity contribution in [3.05, 3.63) is 33.7 Å². The lowest BCUT2D eigenvalue weighted by Crippen LogP contribution is -1.98. The molecule has 3 heterocycles. The molecule has 0 saturated heterocycles. The van der Waals surface area contributed by atoms with Gasteiger partial charge in [-0.3, -0.25) is 0 Å². The summed E-state index contributed by atoms with van der Waals surface area (Å²) in [4.78, 5) is 1.75. The minimum absolute atomic E-state index is 0.793. The smallest absolute Gasteiger partial charge is 0.121 e. The maximum Gasteiger partial charge on any atom is 0.121 e. The van der Waals surface area contributed by atoms with Crippen molar-refractivity contribution in [1.29, 1.82) is 0 Å². The molecule has 3 aromatic heterocycles. The molecule has 0 spiro atoms. The van der Waals surface area contributed by atoms with Crippen molar-refractivity contribution in [2.75, 3.05) is 0 Å². The van der Waals surface area contributed by atoms with Crippen molar-refractivity contribution in [3.63, 3.8) is 0 Å². The Kier molecular flexibility index (Phi) is 2.78. The van der Waals surface area contributed by atoms with Crippen LogP contribution in [0.25, 0.3) is 22.5 Å². The van der Waals surface area contributed by atoms with E-state index in [4.69, 9.17) is 0 Å². The first-order valence-electron chi connectivity index (χ1n) is 5.38. The Labute approximate surface area is 107 Å². The molecule has 3 aromatic rings. The highest BCUT2D eigenvalue weighted by molar-refractivity contribution is 7.08. The maximum atomic E-state index is 4.54. The Bertz CT molecular complexity index is 542. The van der Waals surface area contributed by atoms with Gasteiger partial charge in [0.1, 0.15) is 11.4 Å². The third kappa shape index (κ3) is 1.92. The van der Waals surface area contributed by atoms with Crippen molar-refractivity contribution in [1.82, 2.24) is 15.0 Å². The van der Waals surface area contributed by atoms with Crippen LogP contribution in [-0.4, -0.2) is 15.0 Å². The first-order valence-corrected chi connectivity index (χ1v) is 7.27. The fraction of sp³-hybridized carbons (Fsp3) is 0.167. The van der Waals surface area contributed by atoms with Crippen LogP contribution in [0.15, 0.2) is 33.7 Å². The fourth-order valence-electron chi connectivity index (χ4n) is 1.68. The van der Waals surface area contributed by atoms with E-state index in [0.29, 0.717) is 0 Å². The zero-order chi connectivity index (χ0) is 11.7. The van der Waals surface area contributed by atoms with Crippen LogP contribution < -0.4 is 0 Å². The Hall–Kier alpha value is -1.46. The molecule has 3 nitrogen and oxygen atoms in total. The van der Waals surface area contributed by atoms with Crippen LogP contribution in [0.5, 0.6) is 0 Å². The van der Waals surface area contributed by atoms with Crippen molar-refractivity contribution < 1.29 is 0 Å². The molecule has 0 aliphatic carbocycles. The molecule has 5 heteroatoms. The summed E-state index contributed by atoms with van der Waals surface area (Å²) < 4.78 is 0. The van der Waals surface area contributed by atoms with E-state index in [-0.39, 0.29) is 0 Å². The number of thiophene rings is 2. The van der Waals surface area contributed by atoms with Crippen LogP contribution in [0.4, 0.5) is 0 Å². The summed E-state index contributed by atoms with van der Waals surface area (Å²) in [6.07, 6.45) is 0. The maximum absolute atomic E-state index is 4.54. The monoisotopic (exact) mass is 261 g/mol. The lowest BCUT2D eigenvalue weighted by Gasteiger charge is -1.94. The molecule has 0 radical (unpaired) electrons. The van der Waals surface area contributed by atoms with Crippen LogP contribution in [-0.2, 0) is 6.54 Å². The molecule has 0 bridgehead atoms. The van der Waals surface area contributed by atoms with Crippen molar-refractivity contribution in [2.24, 2.45) is 0 Å². The molecule has 86 valence electrons. The van der Waals surface area contributed by atoms with Crippen molar-refractivity contribution >= 4 is 22.7 Å². The predicted molar refractivity (Wildman–Crippen MR) is 72.3 cm³/mol. The first-order chi connectivity index (χ1) is 8.38. The van der Waals surface area contributed by atoms with E-state index in [1.807, 2.05) is 0 Å². The third-order valence-corrected chi connectivity index (χ3v) is 3.89. The average molecular weight is 261 g/mol. The quantitative estimate of drug-likeness (QED) is 0.719. The summed E-state index contributed by atoms with van der Waals surface area (Å²) in [6, 6.07) is 4.18. The summed E-state index contributed by atoms with van der Waals surface area (Å²) in [5.74, 6) is 0. The third-order valence-electron chi connectivity index (χ3n) is 2.53. The zero-order valence-electron chi connectivity index (χ0n) is 9.33. The van der Waals surface area contributed by atoms with Crippen molar-refractivity contribution in [2.45, 2.75) is 13.5 Å². The summed E-state index contributed by atoms with van der Waals surface area (Å²) in [5, 5.41) is 17.4. The van der Waals surface area contributed by atoms with Crippen LogP contribution in [0.1, 0.15) is 6.92 Å². The fourth-order valence-corrected chi connectivity index (χ4v) is 2.96. The van der Waals surface area contributed by atoms with Gasteiger partial charge in [0.15, 0.2) is 0 Å². The molecular weight excluding hydrogens is 250 g/mol. The molecule has 0 aliphatic heterocycles. The predicted octanol–water partition coefficient (Wildman–Crippen LogP) is 3.76. The highest BCUT2D eigenvalue weighted by Gasteiger charge is 2.14. The number of hydrogen-bond acceptors (Lipinski definition) is 4. The normalized spacial score (nSPS) is 10.9. The van der Waals surface area contributed by atoms with Gasteiger partial charge >= 0.3 is 0 Å². The standard InChI is InChI=1S/C12H11N3S2/c1-2-15-13-11(9-3-5-16-7-9)12(14-15)10-4-6-17-8-10/h3-8H,2H2,1H3. The molecule has 17 heavy (non-hydrogen) atoms. The molecule has 0 aliphatic rings. The number of nitrogens with zero attached hydrogens (tertiary/aromatic N) is 3. The van der Waals surface area contributed by atoms with E-state index in [1.165, 1.54) is 0 Å². The second-order valence-electron chi connectivity index (χ2n) is 3.61. The van der Waals surface area contributed by atoms with Gasteiger partial charge in [0.25, 0.3) is 0 Å². The summed E-state index contributed by atoms with van der Waals surface area (Å²) in [5.41, 5.74) is 4.25. The lowest BCUT2D eigenvalue weighted by molar-refractivity contribution is 0.572. The van der Waals surface area contributed by atoms with Gasteiger partial charge in [-0.15, -0.1) is 0 Å². The Balaban J connectivity index is 2.17. The van der Waals surface area contributed by atoms with Gasteiger partial charge < -0.3 is 0 Å². The van der Waals surface area contributed by atoms with Gasteiger partial charge in [-0.1, -0.05) is 0 Å². The number of aryl methyl sites for hydroxylation is 1. The highest BCUT2D eigenvalue weighted by atomic mass is 32.1. The summed E-state index contributed by atoms with van der Waals surface area (Å²) >= 11 is 3.37. The second-order valence-corrected chi connectivity index (χ2v) is 5.17. The molecule has 0 saturated carbocycles. The SMILES string of the molecule is CCn1nc(-c2ccsc2)c(-c2ccsc2)n1. The lowest BCUT2D eigenvalue weighted by atomic mass is 10.1. The van der Waals surface area contributed by atoms with Gasteiger partial charge in [-0.2, -0.15) is 37.7 Å². The van der Waals surface area contributed by atoms with Gasteiger partial charge in [-0.25, -0.2) is 0 Å². The number of aromatic nitrogens is 3. The second kappa shape index (κ2) is 4.43. The number of rotatable bonds is 3. The Morgan fingerprint density at radius 1 is 1.00 bits per heavy atom. The van der Waals surface area contributed by atoms with Crippen molar-refractivity contribution in [3.8, 4) is 22.5 Å². The van der Waals surface area contributed by atoms with Gasteiger partial charge in [0.2, 0.25) is 0 Å². The zero-order valence-corrected chi connectivity index (χ0v) is 11.0. The Morgan fingerprint density at radius 3 is 1.88 bits per heavy atom. The molecule has 0 N–H and O–H groups in total. The average Bonchev–Trinajstić information content (AvgIpc) is 3.09. The Morgan fingerprint density at radius 2 is 1.53 bits per heavy atom. The van der Waals surface area contributed by atoms with E-state index in [1.54, 1.807) is 27.5 Å². The van der Waals surface area contributed by atoms with Crippen LogP contribution in [0, 0.1) is 0 Å². The van der Waals surface area contributed by atoms with Gasteiger partial charge in [0, 0.05) is 21.9 Å². The van der Waals surface area contributed by atoms with Gasteiger partial charge in [-0.05, 0) is 29.8 Å². The molecule has 0 unspecified atom stereocenters. The molecule has 0 aromatic carbocycles. The molecule has 0 atom stereocenters. The summed E-state index contributed by atoms with van der Waals surface area (Å²) in [7, 11) is 0. The van der Waals surface area contributed by atoms with Gasteiger partial charge in [0.05, 0.1) is 6.54 Å². The van der Waals surface area contributed by atoms with Crippen LogP contribution in [0.2, 0.25) is 0 Å². The molecule has 0 amide bonds. The van der Waals surface area contributed by atoms with Crippen LogP contribution >= 0.6 is 22.7 Å². The van der Waals surface area contributed by atoms with E-state index >= 15 is 0 Å². The van der Waals surface area contributed by atoms with E-state index in [0.717, 1.165) is 29.1 Å². The highest BCUT2D eigenvalue weighted by Crippen LogP contribution is 2.31. The first kappa shape index (κ1) is 10.7. The topological polar surface area (TPSA) is 30.7 Å². The minimum Gasteiger partial charge on any atom is -0.184 e. The van der Waals surface area contributed by atoms with Crippen LogP contribution in [0.3, 0.4) is 0 Å². The number of hydrogen-bond donors (Lipinski definition) is 0. The van der Waals surface area contributed by atoms with E-state index in [9.17, 15) is 0 Å². The van der Waals surface area contributed by atoms with E-state index < -0.39 is 0 Å². The van der Waals surface area contributed by atoms with E-state index in [2.05, 4.69) is 50.8 Å². The summed E-state index contributed by atoms with van der Waals surface area (Å²) in [6.45, 7) is 2.84. The minimum atomic E-state index is 0.793. The molecule has 0 fully saturated rings. The largest absolute Gasteiger partial charge is 0.184 e. The molecular formula is C12H11N3S2.